The Labute approximate surface area is 130 Å². The highest BCUT2D eigenvalue weighted by molar-refractivity contribution is 9.10. The van der Waals surface area contributed by atoms with Crippen molar-refractivity contribution in [2.75, 3.05) is 0 Å². The van der Waals surface area contributed by atoms with Gasteiger partial charge in [-0.1, -0.05) is 30.3 Å². The number of hydrogen-bond acceptors (Lipinski definition) is 2. The zero-order valence-corrected chi connectivity index (χ0v) is 12.9. The molecule has 0 amide bonds. The van der Waals surface area contributed by atoms with Crippen molar-refractivity contribution >= 4 is 38.3 Å². The summed E-state index contributed by atoms with van der Waals surface area (Å²) in [5.74, 6) is 1.82. The molecule has 1 heterocycles. The van der Waals surface area contributed by atoms with Crippen molar-refractivity contribution < 1.29 is 4.74 Å². The fourth-order valence-corrected chi connectivity index (χ4v) is 2.82. The van der Waals surface area contributed by atoms with Crippen LogP contribution in [-0.2, 0) is 5.88 Å². The van der Waals surface area contributed by atoms with E-state index < -0.39 is 0 Å². The molecule has 20 heavy (non-hydrogen) atoms. The number of ether oxygens (including phenoxy) is 1. The van der Waals surface area contributed by atoms with Crippen LogP contribution in [0.2, 0.25) is 0 Å². The number of nitrogens with zero attached hydrogens (tertiary/aromatic N) is 1. The van der Waals surface area contributed by atoms with Crippen molar-refractivity contribution in [2.24, 2.45) is 0 Å². The first-order valence-corrected chi connectivity index (χ1v) is 7.46. The molecular weight excluding hydrogens is 338 g/mol. The minimum atomic E-state index is 0.392. The average molecular weight is 349 g/mol. The highest BCUT2D eigenvalue weighted by atomic mass is 79.9. The van der Waals surface area contributed by atoms with E-state index in [0.29, 0.717) is 11.6 Å². The Morgan fingerprint density at radius 3 is 2.75 bits per heavy atom. The van der Waals surface area contributed by atoms with Crippen LogP contribution >= 0.6 is 27.5 Å². The van der Waals surface area contributed by atoms with E-state index >= 15 is 0 Å². The lowest BCUT2D eigenvalue weighted by atomic mass is 10.1. The van der Waals surface area contributed by atoms with Gasteiger partial charge in [0.05, 0.1) is 16.5 Å². The van der Waals surface area contributed by atoms with Gasteiger partial charge >= 0.3 is 0 Å². The number of halogens is 2. The summed E-state index contributed by atoms with van der Waals surface area (Å²) >= 11 is 9.52. The maximum absolute atomic E-state index is 5.95. The first-order valence-electron chi connectivity index (χ1n) is 6.13. The Morgan fingerprint density at radius 2 is 1.90 bits per heavy atom. The smallest absolute Gasteiger partial charge is 0.150 e. The van der Waals surface area contributed by atoms with Gasteiger partial charge in [0.25, 0.3) is 0 Å². The molecule has 0 fully saturated rings. The summed E-state index contributed by atoms with van der Waals surface area (Å²) in [4.78, 5) is 4.08. The summed E-state index contributed by atoms with van der Waals surface area (Å²) in [6.07, 6.45) is 3.39. The third-order valence-corrected chi connectivity index (χ3v) is 4.17. The van der Waals surface area contributed by atoms with Crippen molar-refractivity contribution in [3.8, 4) is 11.5 Å². The molecule has 0 aliphatic rings. The van der Waals surface area contributed by atoms with Crippen LogP contribution < -0.4 is 4.74 Å². The van der Waals surface area contributed by atoms with Crippen LogP contribution in [-0.4, -0.2) is 4.98 Å². The number of pyridine rings is 1. The predicted molar refractivity (Wildman–Crippen MR) is 85.5 cm³/mol. The van der Waals surface area contributed by atoms with E-state index in [4.69, 9.17) is 16.3 Å². The van der Waals surface area contributed by atoms with Gasteiger partial charge in [0, 0.05) is 11.8 Å². The molecule has 2 nitrogen and oxygen atoms in total. The van der Waals surface area contributed by atoms with Gasteiger partial charge in [0.2, 0.25) is 0 Å². The summed E-state index contributed by atoms with van der Waals surface area (Å²) in [6, 6.07) is 14.0. The first-order chi connectivity index (χ1) is 9.79. The van der Waals surface area contributed by atoms with Crippen molar-refractivity contribution in [1.29, 1.82) is 0 Å². The molecule has 100 valence electrons. The summed E-state index contributed by atoms with van der Waals surface area (Å²) in [6.45, 7) is 0. The Morgan fingerprint density at radius 1 is 1.05 bits per heavy atom. The Balaban J connectivity index is 2.05. The molecule has 0 radical (unpaired) electrons. The maximum Gasteiger partial charge on any atom is 0.150 e. The van der Waals surface area contributed by atoms with Crippen molar-refractivity contribution in [2.45, 2.75) is 5.88 Å². The lowest BCUT2D eigenvalue weighted by molar-refractivity contribution is 0.474. The van der Waals surface area contributed by atoms with E-state index in [9.17, 15) is 0 Å². The van der Waals surface area contributed by atoms with E-state index in [1.54, 1.807) is 12.4 Å². The summed E-state index contributed by atoms with van der Waals surface area (Å²) in [5, 5.41) is 2.27. The molecule has 0 N–H and O–H groups in total. The van der Waals surface area contributed by atoms with Crippen molar-refractivity contribution in [3.05, 3.63) is 64.9 Å². The molecule has 4 heteroatoms. The quantitative estimate of drug-likeness (QED) is 0.581. The molecule has 0 spiro atoms. The predicted octanol–water partition coefficient (Wildman–Crippen LogP) is 5.53. The van der Waals surface area contributed by atoms with Gasteiger partial charge in [0.15, 0.2) is 0 Å². The number of benzene rings is 2. The Bertz CT molecular complexity index is 760. The molecule has 1 aromatic heterocycles. The van der Waals surface area contributed by atoms with E-state index in [-0.39, 0.29) is 0 Å². The van der Waals surface area contributed by atoms with Gasteiger partial charge in [-0.2, -0.15) is 0 Å². The number of fused-ring (bicyclic) bond motifs is 1. The number of rotatable bonds is 3. The maximum atomic E-state index is 5.95. The van der Waals surface area contributed by atoms with Gasteiger partial charge in [-0.3, -0.25) is 4.98 Å². The second-order valence-corrected chi connectivity index (χ2v) is 5.38. The van der Waals surface area contributed by atoms with E-state index in [0.717, 1.165) is 26.6 Å². The SMILES string of the molecule is ClCc1ccncc1Oc1ccc2ccccc2c1Br. The molecule has 0 atom stereocenters. The van der Waals surface area contributed by atoms with Crippen LogP contribution in [0.5, 0.6) is 11.5 Å². The van der Waals surface area contributed by atoms with Crippen molar-refractivity contribution in [1.82, 2.24) is 4.98 Å². The van der Waals surface area contributed by atoms with Crippen molar-refractivity contribution in [3.63, 3.8) is 0 Å². The molecule has 3 rings (SSSR count). The largest absolute Gasteiger partial charge is 0.454 e. The zero-order chi connectivity index (χ0) is 13.9. The van der Waals surface area contributed by atoms with E-state index in [2.05, 4.69) is 33.0 Å². The van der Waals surface area contributed by atoms with Crippen LogP contribution in [0.25, 0.3) is 10.8 Å². The van der Waals surface area contributed by atoms with Crippen LogP contribution in [0, 0.1) is 0 Å². The molecule has 0 saturated carbocycles. The van der Waals surface area contributed by atoms with E-state index in [1.165, 1.54) is 0 Å². The van der Waals surface area contributed by atoms with Crippen LogP contribution in [0.3, 0.4) is 0 Å². The number of alkyl halides is 1. The number of aromatic nitrogens is 1. The highest BCUT2D eigenvalue weighted by Crippen LogP contribution is 2.36. The molecule has 3 aromatic rings. The van der Waals surface area contributed by atoms with Gasteiger partial charge in [-0.15, -0.1) is 11.6 Å². The summed E-state index contributed by atoms with van der Waals surface area (Å²) < 4.78 is 6.88. The Hall–Kier alpha value is -1.58. The zero-order valence-electron chi connectivity index (χ0n) is 10.5. The summed E-state index contributed by atoms with van der Waals surface area (Å²) in [7, 11) is 0. The fourth-order valence-electron chi connectivity index (χ4n) is 2.02. The second kappa shape index (κ2) is 5.81. The van der Waals surface area contributed by atoms with Crippen LogP contribution in [0.15, 0.2) is 59.3 Å². The highest BCUT2D eigenvalue weighted by Gasteiger charge is 2.09. The topological polar surface area (TPSA) is 22.1 Å². The molecular formula is C16H11BrClNO. The monoisotopic (exact) mass is 347 g/mol. The van der Waals surface area contributed by atoms with Gasteiger partial charge in [-0.25, -0.2) is 0 Å². The van der Waals surface area contributed by atoms with Gasteiger partial charge in [0.1, 0.15) is 11.5 Å². The lowest BCUT2D eigenvalue weighted by Gasteiger charge is -2.12. The standard InChI is InChI=1S/C16H11BrClNO/c17-16-13-4-2-1-3-11(13)5-6-14(16)20-15-10-19-8-7-12(15)9-18/h1-8,10H,9H2. The third kappa shape index (κ3) is 2.51. The Kier molecular flexibility index (Phi) is 3.90. The third-order valence-electron chi connectivity index (χ3n) is 3.06. The molecule has 0 aliphatic carbocycles. The van der Waals surface area contributed by atoms with E-state index in [1.807, 2.05) is 30.3 Å². The minimum Gasteiger partial charge on any atom is -0.454 e. The van der Waals surface area contributed by atoms with Crippen LogP contribution in [0.4, 0.5) is 0 Å². The second-order valence-electron chi connectivity index (χ2n) is 4.32. The minimum absolute atomic E-state index is 0.392. The molecule has 2 aromatic carbocycles. The fraction of sp³-hybridized carbons (Fsp3) is 0.0625. The molecule has 0 unspecified atom stereocenters. The summed E-state index contributed by atoms with van der Waals surface area (Å²) in [5.41, 5.74) is 0.918. The molecule has 0 bridgehead atoms. The van der Waals surface area contributed by atoms with Crippen LogP contribution in [0.1, 0.15) is 5.56 Å². The number of hydrogen-bond donors (Lipinski definition) is 0. The molecule has 0 saturated heterocycles. The lowest BCUT2D eigenvalue weighted by Crippen LogP contribution is -1.91. The van der Waals surface area contributed by atoms with Gasteiger partial charge < -0.3 is 4.74 Å². The first kappa shape index (κ1) is 13.4. The normalized spacial score (nSPS) is 10.7. The molecule has 0 aliphatic heterocycles. The van der Waals surface area contributed by atoms with Gasteiger partial charge in [-0.05, 0) is 38.8 Å². The average Bonchev–Trinajstić information content (AvgIpc) is 2.51.